The first-order chi connectivity index (χ1) is 16.3. The second kappa shape index (κ2) is 10.1. The highest BCUT2D eigenvalue weighted by atomic mass is 32.2. The van der Waals surface area contributed by atoms with Crippen molar-refractivity contribution < 1.29 is 29.0 Å². The van der Waals surface area contributed by atoms with Crippen molar-refractivity contribution in [1.29, 1.82) is 0 Å². The molecular weight excluding hydrogens is 460 g/mol. The van der Waals surface area contributed by atoms with Gasteiger partial charge < -0.3 is 19.5 Å². The van der Waals surface area contributed by atoms with Gasteiger partial charge in [-0.2, -0.15) is 0 Å². The van der Waals surface area contributed by atoms with E-state index in [1.807, 2.05) is 6.92 Å². The van der Waals surface area contributed by atoms with E-state index in [-0.39, 0.29) is 17.4 Å². The number of piperidine rings is 1. The van der Waals surface area contributed by atoms with Crippen LogP contribution in [0, 0.1) is 6.92 Å². The van der Waals surface area contributed by atoms with Crippen LogP contribution in [0.4, 0.5) is 9.59 Å². The summed E-state index contributed by atoms with van der Waals surface area (Å²) in [6.45, 7) is 4.19. The van der Waals surface area contributed by atoms with Crippen molar-refractivity contribution in [1.82, 2.24) is 20.2 Å². The summed E-state index contributed by atoms with van der Waals surface area (Å²) < 4.78 is 12.0. The molecule has 1 aromatic carbocycles. The van der Waals surface area contributed by atoms with Gasteiger partial charge in [0.15, 0.2) is 0 Å². The van der Waals surface area contributed by atoms with Gasteiger partial charge in [-0.25, -0.2) is 14.8 Å². The quantitative estimate of drug-likeness (QED) is 0.579. The first-order valence-corrected chi connectivity index (χ1v) is 11.7. The largest absolute Gasteiger partial charge is 0.474 e. The van der Waals surface area contributed by atoms with Crippen molar-refractivity contribution in [3.8, 4) is 17.5 Å². The highest BCUT2D eigenvalue weighted by Crippen LogP contribution is 2.31. The Bertz CT molecular complexity index is 1140. The molecule has 2 aromatic rings. The van der Waals surface area contributed by atoms with Crippen LogP contribution in [-0.4, -0.2) is 55.9 Å². The number of carbonyl (C=O) groups excluding carboxylic acids is 2. The average Bonchev–Trinajstić information content (AvgIpc) is 3.13. The van der Waals surface area contributed by atoms with Crippen molar-refractivity contribution in [2.24, 2.45) is 0 Å². The fraction of sp³-hybridized carbons (Fsp3) is 0.348. The first-order valence-electron chi connectivity index (χ1n) is 10.8. The Kier molecular flexibility index (Phi) is 7.01. The fourth-order valence-corrected chi connectivity index (χ4v) is 4.56. The minimum atomic E-state index is -0.903. The van der Waals surface area contributed by atoms with Crippen molar-refractivity contribution in [2.75, 3.05) is 6.54 Å². The number of carbonyl (C=O) groups is 3. The molecule has 0 bridgehead atoms. The minimum Gasteiger partial charge on any atom is -0.474 e. The third kappa shape index (κ3) is 5.30. The Morgan fingerprint density at radius 3 is 2.65 bits per heavy atom. The van der Waals surface area contributed by atoms with Crippen molar-refractivity contribution >= 4 is 35.1 Å². The number of nitrogens with one attached hydrogen (secondary N) is 1. The van der Waals surface area contributed by atoms with Crippen LogP contribution in [0.15, 0.2) is 35.5 Å². The van der Waals surface area contributed by atoms with Crippen molar-refractivity contribution in [2.45, 2.75) is 45.3 Å². The molecule has 11 heteroatoms. The molecule has 178 valence electrons. The van der Waals surface area contributed by atoms with E-state index in [0.29, 0.717) is 47.4 Å². The van der Waals surface area contributed by atoms with E-state index in [2.05, 4.69) is 15.3 Å². The number of amides is 3. The molecule has 2 saturated heterocycles. The molecule has 4 rings (SSSR count). The van der Waals surface area contributed by atoms with Crippen molar-refractivity contribution in [3.05, 3.63) is 46.6 Å². The second-order valence-electron chi connectivity index (χ2n) is 7.93. The van der Waals surface area contributed by atoms with Crippen LogP contribution in [0.1, 0.15) is 37.3 Å². The number of hydrogen-bond acceptors (Lipinski definition) is 8. The molecule has 0 aliphatic carbocycles. The number of nitrogens with zero attached hydrogens (tertiary/aromatic N) is 3. The van der Waals surface area contributed by atoms with Gasteiger partial charge in [0.1, 0.15) is 18.2 Å². The van der Waals surface area contributed by atoms with Gasteiger partial charge >= 0.3 is 6.09 Å². The summed E-state index contributed by atoms with van der Waals surface area (Å²) >= 11 is 0.864. The molecule has 1 aromatic heterocycles. The van der Waals surface area contributed by atoms with Gasteiger partial charge in [-0.05, 0) is 48.9 Å². The van der Waals surface area contributed by atoms with Gasteiger partial charge in [-0.15, -0.1) is 0 Å². The topological polar surface area (TPSA) is 131 Å². The number of likely N-dealkylation sites (tertiary alicyclic amines) is 1. The van der Waals surface area contributed by atoms with E-state index in [0.717, 1.165) is 23.7 Å². The summed E-state index contributed by atoms with van der Waals surface area (Å²) in [5.41, 5.74) is 1.39. The molecule has 2 fully saturated rings. The summed E-state index contributed by atoms with van der Waals surface area (Å²) in [7, 11) is 0. The number of aromatic nitrogens is 2. The first kappa shape index (κ1) is 23.6. The zero-order valence-electron chi connectivity index (χ0n) is 18.7. The zero-order chi connectivity index (χ0) is 24.2. The lowest BCUT2D eigenvalue weighted by atomic mass is 9.98. The maximum atomic E-state index is 11.7. The number of ether oxygens (including phenoxy) is 2. The van der Waals surface area contributed by atoms with Crippen LogP contribution >= 0.6 is 11.8 Å². The molecule has 3 heterocycles. The highest BCUT2D eigenvalue weighted by molar-refractivity contribution is 8.18. The van der Waals surface area contributed by atoms with Crippen LogP contribution in [0.2, 0.25) is 0 Å². The standard InChI is InChI=1S/C23H24N4O6S/c1-3-15-11-17(8-9-27(15)23(30)31)33-21-13(2)20(24-12-25-21)32-16-6-4-14(5-7-16)10-18-19(28)26-22(29)34-18/h4-7,10,12,15,17H,3,8-9,11H2,1-2H3,(H,30,31)(H,26,28,29)/b18-10-. The van der Waals surface area contributed by atoms with Crippen LogP contribution in [-0.2, 0) is 4.79 Å². The lowest BCUT2D eigenvalue weighted by molar-refractivity contribution is -0.115. The summed E-state index contributed by atoms with van der Waals surface area (Å²) in [5, 5.41) is 11.2. The van der Waals surface area contributed by atoms with Gasteiger partial charge in [-0.1, -0.05) is 19.1 Å². The average molecular weight is 485 g/mol. The second-order valence-corrected chi connectivity index (χ2v) is 8.95. The molecule has 0 spiro atoms. The molecule has 0 radical (unpaired) electrons. The predicted octanol–water partition coefficient (Wildman–Crippen LogP) is 4.20. The zero-order valence-corrected chi connectivity index (χ0v) is 19.5. The SMILES string of the molecule is CCC1CC(Oc2ncnc(Oc3ccc(/C=C4\SC(=O)NC4=O)cc3)c2C)CCN1C(=O)O. The normalized spacial score (nSPS) is 21.5. The summed E-state index contributed by atoms with van der Waals surface area (Å²) in [5.74, 6) is 0.889. The third-order valence-corrected chi connectivity index (χ3v) is 6.50. The van der Waals surface area contributed by atoms with Crippen LogP contribution in [0.5, 0.6) is 17.5 Å². The van der Waals surface area contributed by atoms with E-state index in [4.69, 9.17) is 9.47 Å². The van der Waals surface area contributed by atoms with Crippen LogP contribution in [0.3, 0.4) is 0 Å². The fourth-order valence-electron chi connectivity index (χ4n) is 3.87. The van der Waals surface area contributed by atoms with Gasteiger partial charge in [-0.3, -0.25) is 14.9 Å². The Morgan fingerprint density at radius 1 is 1.26 bits per heavy atom. The summed E-state index contributed by atoms with van der Waals surface area (Å²) in [6.07, 6.45) is 3.85. The van der Waals surface area contributed by atoms with E-state index >= 15 is 0 Å². The molecule has 3 amide bonds. The number of carboxylic acid groups (broad SMARTS) is 1. The van der Waals surface area contributed by atoms with Gasteiger partial charge in [0.2, 0.25) is 11.8 Å². The predicted molar refractivity (Wildman–Crippen MR) is 125 cm³/mol. The van der Waals surface area contributed by atoms with Crippen LogP contribution < -0.4 is 14.8 Å². The smallest absolute Gasteiger partial charge is 0.407 e. The summed E-state index contributed by atoms with van der Waals surface area (Å²) in [4.78, 5) is 44.7. The number of imide groups is 1. The Balaban J connectivity index is 1.42. The Labute approximate surface area is 200 Å². The van der Waals surface area contributed by atoms with E-state index in [1.54, 1.807) is 37.3 Å². The maximum absolute atomic E-state index is 11.7. The van der Waals surface area contributed by atoms with Crippen molar-refractivity contribution in [3.63, 3.8) is 0 Å². The van der Waals surface area contributed by atoms with E-state index < -0.39 is 12.0 Å². The highest BCUT2D eigenvalue weighted by Gasteiger charge is 2.32. The van der Waals surface area contributed by atoms with E-state index in [1.165, 1.54) is 11.2 Å². The molecule has 2 aliphatic rings. The van der Waals surface area contributed by atoms with Gasteiger partial charge in [0.25, 0.3) is 11.1 Å². The Morgan fingerprint density at radius 2 is 2.00 bits per heavy atom. The molecule has 0 saturated carbocycles. The van der Waals surface area contributed by atoms with Gasteiger partial charge in [0.05, 0.1) is 10.5 Å². The molecule has 2 N–H and O–H groups in total. The summed E-state index contributed by atoms with van der Waals surface area (Å²) in [6, 6.07) is 6.93. The molecule has 2 unspecified atom stereocenters. The minimum absolute atomic E-state index is 0.0885. The van der Waals surface area contributed by atoms with E-state index in [9.17, 15) is 19.5 Å². The number of rotatable bonds is 6. The monoisotopic (exact) mass is 484 g/mol. The molecule has 2 aliphatic heterocycles. The number of hydrogen-bond donors (Lipinski definition) is 2. The number of thioether (sulfide) groups is 1. The maximum Gasteiger partial charge on any atom is 0.407 e. The lowest BCUT2D eigenvalue weighted by Crippen LogP contribution is -2.48. The molecular formula is C23H24N4O6S. The van der Waals surface area contributed by atoms with Gasteiger partial charge in [0, 0.05) is 25.4 Å². The molecule has 10 nitrogen and oxygen atoms in total. The third-order valence-electron chi connectivity index (χ3n) is 5.69. The lowest BCUT2D eigenvalue weighted by Gasteiger charge is -2.37. The molecule has 34 heavy (non-hydrogen) atoms. The number of benzene rings is 1. The Hall–Kier alpha value is -3.60. The molecule has 2 atom stereocenters. The van der Waals surface area contributed by atoms with Crippen LogP contribution in [0.25, 0.3) is 6.08 Å².